The minimum absolute atomic E-state index is 0.0924. The van der Waals surface area contributed by atoms with Crippen molar-refractivity contribution >= 4 is 5.95 Å². The predicted molar refractivity (Wildman–Crippen MR) is 120 cm³/mol. The lowest BCUT2D eigenvalue weighted by atomic mass is 9.93. The number of hydrogen-bond donors (Lipinski definition) is 1. The molecular weight excluding hydrogens is 392 g/mol. The predicted octanol–water partition coefficient (Wildman–Crippen LogP) is 2.68. The molecule has 8 nitrogen and oxygen atoms in total. The van der Waals surface area contributed by atoms with E-state index in [4.69, 9.17) is 4.74 Å². The van der Waals surface area contributed by atoms with E-state index in [9.17, 15) is 4.79 Å². The molecule has 1 N–H and O–H groups in total. The van der Waals surface area contributed by atoms with Gasteiger partial charge in [0.1, 0.15) is 5.75 Å². The third kappa shape index (κ3) is 5.08. The summed E-state index contributed by atoms with van der Waals surface area (Å²) in [4.78, 5) is 32.7. The number of rotatable bonds is 6. The maximum absolute atomic E-state index is 12.0. The van der Waals surface area contributed by atoms with Crippen LogP contribution in [0.2, 0.25) is 0 Å². The SMILES string of the molecule is COc1ccc(-c2ncc(CN3CCC(c4cc(=O)[nH]c(N(C)C)n4)CC3)cn2)cc1. The van der Waals surface area contributed by atoms with Crippen molar-refractivity contribution in [2.75, 3.05) is 39.2 Å². The molecule has 0 saturated carbocycles. The Kier molecular flexibility index (Phi) is 6.27. The zero-order valence-electron chi connectivity index (χ0n) is 18.2. The Morgan fingerprint density at radius 3 is 2.42 bits per heavy atom. The van der Waals surface area contributed by atoms with Gasteiger partial charge in [-0.2, -0.15) is 0 Å². The molecule has 2 aromatic heterocycles. The number of aromatic amines is 1. The highest BCUT2D eigenvalue weighted by atomic mass is 16.5. The molecule has 1 aliphatic heterocycles. The number of ether oxygens (including phenoxy) is 1. The zero-order chi connectivity index (χ0) is 21.8. The van der Waals surface area contributed by atoms with Gasteiger partial charge in [0.05, 0.1) is 12.8 Å². The molecule has 0 amide bonds. The number of nitrogens with one attached hydrogen (secondary N) is 1. The Bertz CT molecular complexity index is 1050. The molecule has 3 aromatic rings. The van der Waals surface area contributed by atoms with Crippen LogP contribution in [0.25, 0.3) is 11.4 Å². The average molecular weight is 421 g/mol. The van der Waals surface area contributed by atoms with Gasteiger partial charge in [0.25, 0.3) is 5.56 Å². The van der Waals surface area contributed by atoms with Crippen molar-refractivity contribution in [3.63, 3.8) is 0 Å². The van der Waals surface area contributed by atoms with Crippen molar-refractivity contribution in [2.45, 2.75) is 25.3 Å². The number of H-pyrrole nitrogens is 1. The van der Waals surface area contributed by atoms with E-state index in [2.05, 4.69) is 24.8 Å². The number of anilines is 1. The Morgan fingerprint density at radius 1 is 1.13 bits per heavy atom. The van der Waals surface area contributed by atoms with Gasteiger partial charge in [-0.3, -0.25) is 14.7 Å². The van der Waals surface area contributed by atoms with Gasteiger partial charge in [-0.25, -0.2) is 15.0 Å². The van der Waals surface area contributed by atoms with Crippen LogP contribution >= 0.6 is 0 Å². The van der Waals surface area contributed by atoms with Crippen LogP contribution in [0.15, 0.2) is 47.5 Å². The molecule has 1 aliphatic rings. The molecule has 8 heteroatoms. The fourth-order valence-electron chi connectivity index (χ4n) is 3.85. The first-order valence-corrected chi connectivity index (χ1v) is 10.5. The molecule has 4 rings (SSSR count). The van der Waals surface area contributed by atoms with E-state index in [-0.39, 0.29) is 5.56 Å². The Balaban J connectivity index is 1.35. The van der Waals surface area contributed by atoms with Gasteiger partial charge >= 0.3 is 0 Å². The van der Waals surface area contributed by atoms with E-state index < -0.39 is 0 Å². The maximum atomic E-state index is 12.0. The summed E-state index contributed by atoms with van der Waals surface area (Å²) in [6.45, 7) is 2.73. The lowest BCUT2D eigenvalue weighted by molar-refractivity contribution is 0.203. The van der Waals surface area contributed by atoms with Gasteiger partial charge in [-0.05, 0) is 50.2 Å². The van der Waals surface area contributed by atoms with E-state index in [0.717, 1.165) is 55.0 Å². The first-order chi connectivity index (χ1) is 15.0. The molecule has 0 aliphatic carbocycles. The second kappa shape index (κ2) is 9.26. The Hall–Kier alpha value is -3.26. The summed E-state index contributed by atoms with van der Waals surface area (Å²) in [6.07, 6.45) is 5.77. The second-order valence-corrected chi connectivity index (χ2v) is 8.08. The monoisotopic (exact) mass is 420 g/mol. The van der Waals surface area contributed by atoms with Gasteiger partial charge in [0.2, 0.25) is 5.95 Å². The van der Waals surface area contributed by atoms with E-state index >= 15 is 0 Å². The van der Waals surface area contributed by atoms with Crippen molar-refractivity contribution in [1.29, 1.82) is 0 Å². The van der Waals surface area contributed by atoms with Crippen molar-refractivity contribution in [3.8, 4) is 17.1 Å². The minimum Gasteiger partial charge on any atom is -0.497 e. The first kappa shape index (κ1) is 21.0. The van der Waals surface area contributed by atoms with Gasteiger partial charge in [-0.1, -0.05) is 0 Å². The highest BCUT2D eigenvalue weighted by Gasteiger charge is 2.23. The number of piperidine rings is 1. The lowest BCUT2D eigenvalue weighted by Crippen LogP contribution is -2.33. The molecule has 1 saturated heterocycles. The quantitative estimate of drug-likeness (QED) is 0.656. The third-order valence-electron chi connectivity index (χ3n) is 5.64. The van der Waals surface area contributed by atoms with Crippen molar-refractivity contribution in [2.24, 2.45) is 0 Å². The number of nitrogens with zero attached hydrogens (tertiary/aromatic N) is 5. The molecule has 0 unspecified atom stereocenters. The van der Waals surface area contributed by atoms with Crippen LogP contribution in [0.1, 0.15) is 30.0 Å². The summed E-state index contributed by atoms with van der Waals surface area (Å²) in [7, 11) is 5.42. The molecule has 0 radical (unpaired) electrons. The highest BCUT2D eigenvalue weighted by Crippen LogP contribution is 2.27. The van der Waals surface area contributed by atoms with Crippen LogP contribution in [-0.2, 0) is 6.54 Å². The normalized spacial score (nSPS) is 15.1. The van der Waals surface area contributed by atoms with Crippen LogP contribution in [-0.4, -0.2) is 59.1 Å². The Morgan fingerprint density at radius 2 is 1.81 bits per heavy atom. The molecule has 31 heavy (non-hydrogen) atoms. The highest BCUT2D eigenvalue weighted by molar-refractivity contribution is 5.55. The third-order valence-corrected chi connectivity index (χ3v) is 5.64. The molecule has 0 bridgehead atoms. The Labute approximate surface area is 181 Å². The number of hydrogen-bond acceptors (Lipinski definition) is 7. The number of likely N-dealkylation sites (tertiary alicyclic amines) is 1. The zero-order valence-corrected chi connectivity index (χ0v) is 18.2. The van der Waals surface area contributed by atoms with Crippen molar-refractivity contribution < 1.29 is 4.74 Å². The molecule has 162 valence electrons. The lowest BCUT2D eigenvalue weighted by Gasteiger charge is -2.31. The summed E-state index contributed by atoms with van der Waals surface area (Å²) in [6, 6.07) is 9.38. The van der Waals surface area contributed by atoms with Gasteiger partial charge in [0, 0.05) is 56.1 Å². The van der Waals surface area contributed by atoms with Gasteiger partial charge in [-0.15, -0.1) is 0 Å². The minimum atomic E-state index is -0.0924. The van der Waals surface area contributed by atoms with Gasteiger partial charge < -0.3 is 9.64 Å². The van der Waals surface area contributed by atoms with Crippen molar-refractivity contribution in [3.05, 3.63) is 64.3 Å². The summed E-state index contributed by atoms with van der Waals surface area (Å²) >= 11 is 0. The standard InChI is InChI=1S/C23H28N6O2/c1-28(2)23-26-20(12-21(30)27-23)17-8-10-29(11-9-17)15-16-13-24-22(25-14-16)18-4-6-19(31-3)7-5-18/h4-7,12-14,17H,8-11,15H2,1-3H3,(H,26,27,30). The van der Waals surface area contributed by atoms with Gasteiger partial charge in [0.15, 0.2) is 5.82 Å². The summed E-state index contributed by atoms with van der Waals surface area (Å²) in [5.74, 6) is 2.45. The molecule has 1 aromatic carbocycles. The summed E-state index contributed by atoms with van der Waals surface area (Å²) < 4.78 is 5.20. The van der Waals surface area contributed by atoms with E-state index in [1.807, 2.05) is 55.7 Å². The number of aromatic nitrogens is 4. The summed E-state index contributed by atoms with van der Waals surface area (Å²) in [5.41, 5.74) is 2.86. The fraction of sp³-hybridized carbons (Fsp3) is 0.391. The van der Waals surface area contributed by atoms with Crippen LogP contribution in [0.4, 0.5) is 5.95 Å². The van der Waals surface area contributed by atoms with Crippen LogP contribution in [0, 0.1) is 0 Å². The molecule has 1 fully saturated rings. The summed E-state index contributed by atoms with van der Waals surface area (Å²) in [5, 5.41) is 0. The second-order valence-electron chi connectivity index (χ2n) is 8.08. The molecular formula is C23H28N6O2. The molecule has 0 atom stereocenters. The van der Waals surface area contributed by atoms with E-state index in [0.29, 0.717) is 17.7 Å². The van der Waals surface area contributed by atoms with Crippen LogP contribution in [0.5, 0.6) is 5.75 Å². The van der Waals surface area contributed by atoms with Crippen molar-refractivity contribution in [1.82, 2.24) is 24.8 Å². The first-order valence-electron chi connectivity index (χ1n) is 10.5. The van der Waals surface area contributed by atoms with E-state index in [1.165, 1.54) is 0 Å². The smallest absolute Gasteiger partial charge is 0.252 e. The average Bonchev–Trinajstić information content (AvgIpc) is 2.80. The molecule has 3 heterocycles. The largest absolute Gasteiger partial charge is 0.497 e. The molecule has 0 spiro atoms. The number of methoxy groups -OCH3 is 1. The van der Waals surface area contributed by atoms with E-state index in [1.54, 1.807) is 13.2 Å². The number of benzene rings is 1. The topological polar surface area (TPSA) is 87.2 Å². The fourth-order valence-corrected chi connectivity index (χ4v) is 3.85. The maximum Gasteiger partial charge on any atom is 0.252 e. The van der Waals surface area contributed by atoms with Crippen LogP contribution in [0.3, 0.4) is 0 Å². The van der Waals surface area contributed by atoms with Crippen LogP contribution < -0.4 is 15.2 Å².